The summed E-state index contributed by atoms with van der Waals surface area (Å²) >= 11 is 0. The minimum atomic E-state index is -0.449. The van der Waals surface area contributed by atoms with Crippen LogP contribution in [0.2, 0.25) is 0 Å². The lowest BCUT2D eigenvalue weighted by Gasteiger charge is -2.07. The van der Waals surface area contributed by atoms with Crippen LogP contribution < -0.4 is 16.2 Å². The Hall–Kier alpha value is -3.41. The largest absolute Gasteiger partial charge is 0.326 e. The molecule has 0 saturated carbocycles. The number of aryl methyl sites for hydroxylation is 1. The quantitative estimate of drug-likeness (QED) is 0.572. The highest BCUT2D eigenvalue weighted by atomic mass is 16.2. The molecule has 0 heterocycles. The summed E-state index contributed by atoms with van der Waals surface area (Å²) in [5.41, 5.74) is 7.66. The van der Waals surface area contributed by atoms with E-state index in [0.29, 0.717) is 17.7 Å². The van der Waals surface area contributed by atoms with Crippen LogP contribution in [0.15, 0.2) is 54.6 Å². The van der Waals surface area contributed by atoms with Gasteiger partial charge in [-0.1, -0.05) is 36.8 Å². The molecule has 0 bridgehead atoms. The van der Waals surface area contributed by atoms with Crippen LogP contribution in [0, 0.1) is 6.92 Å². The monoisotopic (exact) mass is 351 g/mol. The van der Waals surface area contributed by atoms with E-state index >= 15 is 0 Å². The molecule has 26 heavy (non-hydrogen) atoms. The standard InChI is InChI=1S/C20H21N3O3/c1-3-18(24)21-17-11-9-16(10-12-17)20(26)23-22-19(25)13-8-15-6-4-14(2)5-7-15/h4-13H,3H2,1-2H3,(H,21,24)(H,22,25)(H,23,26). The lowest BCUT2D eigenvalue weighted by atomic mass is 10.1. The van der Waals surface area contributed by atoms with Crippen LogP contribution in [0.25, 0.3) is 6.08 Å². The van der Waals surface area contributed by atoms with Crippen LogP contribution >= 0.6 is 0 Å². The second-order valence-electron chi connectivity index (χ2n) is 5.67. The Morgan fingerprint density at radius 2 is 1.58 bits per heavy atom. The molecule has 2 aromatic carbocycles. The van der Waals surface area contributed by atoms with E-state index in [0.717, 1.165) is 11.1 Å². The van der Waals surface area contributed by atoms with Gasteiger partial charge in [-0.2, -0.15) is 0 Å². The van der Waals surface area contributed by atoms with E-state index in [9.17, 15) is 14.4 Å². The summed E-state index contributed by atoms with van der Waals surface area (Å²) in [5.74, 6) is -0.990. The van der Waals surface area contributed by atoms with E-state index < -0.39 is 11.8 Å². The predicted molar refractivity (Wildman–Crippen MR) is 101 cm³/mol. The minimum absolute atomic E-state index is 0.102. The third kappa shape index (κ3) is 5.90. The normalized spacial score (nSPS) is 10.4. The van der Waals surface area contributed by atoms with Gasteiger partial charge in [0.15, 0.2) is 0 Å². The number of hydrogen-bond donors (Lipinski definition) is 3. The van der Waals surface area contributed by atoms with Crippen molar-refractivity contribution in [3.8, 4) is 0 Å². The fourth-order valence-corrected chi connectivity index (χ4v) is 2.04. The molecule has 6 heteroatoms. The van der Waals surface area contributed by atoms with Crippen LogP contribution in [-0.4, -0.2) is 17.7 Å². The summed E-state index contributed by atoms with van der Waals surface area (Å²) < 4.78 is 0. The van der Waals surface area contributed by atoms with Crippen molar-refractivity contribution < 1.29 is 14.4 Å². The van der Waals surface area contributed by atoms with E-state index in [4.69, 9.17) is 0 Å². The van der Waals surface area contributed by atoms with Crippen molar-refractivity contribution in [2.24, 2.45) is 0 Å². The van der Waals surface area contributed by atoms with Crippen molar-refractivity contribution in [3.05, 3.63) is 71.3 Å². The average Bonchev–Trinajstić information content (AvgIpc) is 2.66. The van der Waals surface area contributed by atoms with E-state index in [1.54, 1.807) is 37.3 Å². The van der Waals surface area contributed by atoms with Gasteiger partial charge in [0.25, 0.3) is 11.8 Å². The van der Waals surface area contributed by atoms with Crippen molar-refractivity contribution in [1.29, 1.82) is 0 Å². The molecule has 0 aromatic heterocycles. The van der Waals surface area contributed by atoms with E-state index in [1.165, 1.54) is 6.08 Å². The van der Waals surface area contributed by atoms with Gasteiger partial charge >= 0.3 is 0 Å². The van der Waals surface area contributed by atoms with Gasteiger partial charge < -0.3 is 5.32 Å². The fraction of sp³-hybridized carbons (Fsp3) is 0.150. The highest BCUT2D eigenvalue weighted by Crippen LogP contribution is 2.09. The Kier molecular flexibility index (Phi) is 6.68. The van der Waals surface area contributed by atoms with Crippen molar-refractivity contribution in [2.45, 2.75) is 20.3 Å². The second kappa shape index (κ2) is 9.17. The fourth-order valence-electron chi connectivity index (χ4n) is 2.04. The third-order valence-electron chi connectivity index (χ3n) is 3.56. The maximum atomic E-state index is 12.0. The van der Waals surface area contributed by atoms with Crippen LogP contribution in [0.4, 0.5) is 5.69 Å². The van der Waals surface area contributed by atoms with Gasteiger partial charge in [0, 0.05) is 23.7 Å². The van der Waals surface area contributed by atoms with Crippen molar-refractivity contribution in [2.75, 3.05) is 5.32 Å². The van der Waals surface area contributed by atoms with E-state index in [1.807, 2.05) is 31.2 Å². The van der Waals surface area contributed by atoms with Gasteiger partial charge in [0.1, 0.15) is 0 Å². The van der Waals surface area contributed by atoms with Crippen LogP contribution in [-0.2, 0) is 9.59 Å². The van der Waals surface area contributed by atoms with E-state index in [2.05, 4.69) is 16.2 Å². The second-order valence-corrected chi connectivity index (χ2v) is 5.67. The molecule has 2 rings (SSSR count). The molecule has 134 valence electrons. The maximum absolute atomic E-state index is 12.0. The van der Waals surface area contributed by atoms with Crippen LogP contribution in [0.1, 0.15) is 34.8 Å². The first-order chi connectivity index (χ1) is 12.5. The molecule has 0 aliphatic carbocycles. The van der Waals surface area contributed by atoms with Gasteiger partial charge in [-0.25, -0.2) is 0 Å². The molecule has 0 saturated heterocycles. The molecule has 0 radical (unpaired) electrons. The summed E-state index contributed by atoms with van der Waals surface area (Å²) in [7, 11) is 0. The van der Waals surface area contributed by atoms with Crippen LogP contribution in [0.3, 0.4) is 0 Å². The Bertz CT molecular complexity index is 809. The summed E-state index contributed by atoms with van der Waals surface area (Å²) in [6, 6.07) is 14.1. The van der Waals surface area contributed by atoms with Gasteiger partial charge in [0.2, 0.25) is 5.91 Å². The molecular weight excluding hydrogens is 330 g/mol. The molecule has 6 nitrogen and oxygen atoms in total. The molecule has 0 aliphatic heterocycles. The Morgan fingerprint density at radius 1 is 0.923 bits per heavy atom. The molecule has 0 aliphatic rings. The Labute approximate surface area is 152 Å². The Morgan fingerprint density at radius 3 is 2.19 bits per heavy atom. The lowest BCUT2D eigenvalue weighted by molar-refractivity contribution is -0.117. The predicted octanol–water partition coefficient (Wildman–Crippen LogP) is 2.82. The number of anilines is 1. The van der Waals surface area contributed by atoms with E-state index in [-0.39, 0.29) is 5.91 Å². The molecular formula is C20H21N3O3. The average molecular weight is 351 g/mol. The number of carbonyl (C=O) groups is 3. The minimum Gasteiger partial charge on any atom is -0.326 e. The van der Waals surface area contributed by atoms with Crippen molar-refractivity contribution in [1.82, 2.24) is 10.9 Å². The molecule has 0 unspecified atom stereocenters. The van der Waals surface area contributed by atoms with Crippen LogP contribution in [0.5, 0.6) is 0 Å². The number of hydrazine groups is 1. The molecule has 2 aromatic rings. The van der Waals surface area contributed by atoms with Gasteiger partial charge in [-0.05, 0) is 42.8 Å². The van der Waals surface area contributed by atoms with Gasteiger partial charge in [-0.3, -0.25) is 25.2 Å². The number of hydrogen-bond acceptors (Lipinski definition) is 3. The maximum Gasteiger partial charge on any atom is 0.269 e. The first-order valence-corrected chi connectivity index (χ1v) is 8.23. The van der Waals surface area contributed by atoms with Crippen molar-refractivity contribution in [3.63, 3.8) is 0 Å². The topological polar surface area (TPSA) is 87.3 Å². The summed E-state index contributed by atoms with van der Waals surface area (Å²) in [4.78, 5) is 35.1. The summed E-state index contributed by atoms with van der Waals surface area (Å²) in [6.07, 6.45) is 3.38. The molecule has 3 N–H and O–H groups in total. The Balaban J connectivity index is 1.84. The summed E-state index contributed by atoms with van der Waals surface area (Å²) in [6.45, 7) is 3.74. The number of amides is 3. The summed E-state index contributed by atoms with van der Waals surface area (Å²) in [5, 5.41) is 2.69. The molecule has 0 atom stereocenters. The number of carbonyl (C=O) groups excluding carboxylic acids is 3. The lowest BCUT2D eigenvalue weighted by Crippen LogP contribution is -2.40. The molecule has 3 amide bonds. The zero-order valence-corrected chi connectivity index (χ0v) is 14.7. The zero-order valence-electron chi connectivity index (χ0n) is 14.7. The SMILES string of the molecule is CCC(=O)Nc1ccc(C(=O)NNC(=O)C=Cc2ccc(C)cc2)cc1. The third-order valence-corrected chi connectivity index (χ3v) is 3.56. The molecule has 0 fully saturated rings. The molecule has 0 spiro atoms. The first kappa shape index (κ1) is 18.9. The zero-order chi connectivity index (χ0) is 18.9. The number of benzene rings is 2. The smallest absolute Gasteiger partial charge is 0.269 e. The number of nitrogens with one attached hydrogen (secondary N) is 3. The van der Waals surface area contributed by atoms with Gasteiger partial charge in [-0.15, -0.1) is 0 Å². The van der Waals surface area contributed by atoms with Gasteiger partial charge in [0.05, 0.1) is 0 Å². The van der Waals surface area contributed by atoms with Crippen molar-refractivity contribution >= 4 is 29.5 Å². The highest BCUT2D eigenvalue weighted by Gasteiger charge is 2.06. The first-order valence-electron chi connectivity index (χ1n) is 8.23. The number of rotatable bonds is 5. The highest BCUT2D eigenvalue weighted by molar-refractivity contribution is 5.98.